The summed E-state index contributed by atoms with van der Waals surface area (Å²) in [4.78, 5) is 9.18. The average molecular weight is 604 g/mol. The Morgan fingerprint density at radius 2 is 1.90 bits per heavy atom. The van der Waals surface area contributed by atoms with Crippen LogP contribution in [0.2, 0.25) is 0 Å². The molecule has 3 aliphatic rings. The van der Waals surface area contributed by atoms with Gasteiger partial charge in [0.25, 0.3) is 0 Å². The smallest absolute Gasteiger partial charge is 0.164 e. The lowest BCUT2D eigenvalue weighted by molar-refractivity contribution is -0.203. The highest BCUT2D eigenvalue weighted by atomic mass is 79.9. The van der Waals surface area contributed by atoms with Crippen LogP contribution < -0.4 is 14.8 Å². The Morgan fingerprint density at radius 3 is 2.67 bits per heavy atom. The normalized spacial score (nSPS) is 26.3. The van der Waals surface area contributed by atoms with Gasteiger partial charge in [0.15, 0.2) is 12.0 Å². The molecule has 1 aromatic carbocycles. The van der Waals surface area contributed by atoms with E-state index in [1.165, 1.54) is 12.8 Å². The third-order valence-corrected chi connectivity index (χ3v) is 8.30. The fraction of sp³-hybridized carbons (Fsp3) is 0.571. The first-order chi connectivity index (χ1) is 18.9. The largest absolute Gasteiger partial charge is 0.497 e. The summed E-state index contributed by atoms with van der Waals surface area (Å²) in [6, 6.07) is 5.75. The molecule has 3 fully saturated rings. The lowest BCUT2D eigenvalue weighted by Gasteiger charge is -2.25. The SMILES string of the molecule is COc1ccc(CNc2ncnc3c2c(Br)cn3[C@@H]2OC(COC3CCCC3)[C@H]3OC(C)(C)O[C@H]32)c(OC)c1. The summed E-state index contributed by atoms with van der Waals surface area (Å²) in [5.74, 6) is 1.47. The van der Waals surface area contributed by atoms with Gasteiger partial charge in [-0.25, -0.2) is 9.97 Å². The van der Waals surface area contributed by atoms with Crippen LogP contribution in [0.15, 0.2) is 35.2 Å². The molecule has 11 heteroatoms. The van der Waals surface area contributed by atoms with E-state index in [4.69, 9.17) is 28.4 Å². The van der Waals surface area contributed by atoms with Gasteiger partial charge < -0.3 is 38.3 Å². The summed E-state index contributed by atoms with van der Waals surface area (Å²) in [5, 5.41) is 4.30. The van der Waals surface area contributed by atoms with Crippen molar-refractivity contribution in [2.75, 3.05) is 26.1 Å². The number of halogens is 1. The maximum absolute atomic E-state index is 6.57. The summed E-state index contributed by atoms with van der Waals surface area (Å²) >= 11 is 3.74. The lowest BCUT2D eigenvalue weighted by atomic mass is 10.1. The molecule has 2 saturated heterocycles. The van der Waals surface area contributed by atoms with Crippen molar-refractivity contribution in [2.45, 2.75) is 82.5 Å². The zero-order chi connectivity index (χ0) is 27.1. The maximum atomic E-state index is 6.57. The summed E-state index contributed by atoms with van der Waals surface area (Å²) in [6.07, 6.45) is 7.32. The molecule has 0 radical (unpaired) electrons. The number of fused-ring (bicyclic) bond motifs is 2. The quantitative estimate of drug-likeness (QED) is 0.354. The molecule has 0 amide bonds. The first-order valence-electron chi connectivity index (χ1n) is 13.5. The maximum Gasteiger partial charge on any atom is 0.164 e. The number of methoxy groups -OCH3 is 2. The number of benzene rings is 1. The van der Waals surface area contributed by atoms with Crippen LogP contribution in [0, 0.1) is 0 Å². The molecular weight excluding hydrogens is 568 g/mol. The van der Waals surface area contributed by atoms with Crippen molar-refractivity contribution in [1.29, 1.82) is 0 Å². The van der Waals surface area contributed by atoms with Crippen molar-refractivity contribution in [3.8, 4) is 11.5 Å². The third kappa shape index (κ3) is 5.22. The van der Waals surface area contributed by atoms with Gasteiger partial charge in [0.1, 0.15) is 47.6 Å². The van der Waals surface area contributed by atoms with Crippen molar-refractivity contribution < 1.29 is 28.4 Å². The van der Waals surface area contributed by atoms with Gasteiger partial charge in [-0.2, -0.15) is 0 Å². The standard InChI is InChI=1S/C28H35BrN4O6/c1-28(2)38-23-21(14-36-17-7-5-6-8-17)37-27(24(23)39-28)33-13-19(29)22-25(31-15-32-26(22)33)30-12-16-9-10-18(34-3)11-20(16)35-4/h9-11,13,15,17,21,23-24,27H,5-8,12,14H2,1-4H3,(H,30,31,32)/t21?,23-,24-,27-/m1/s1. The van der Waals surface area contributed by atoms with Gasteiger partial charge in [-0.05, 0) is 54.8 Å². The van der Waals surface area contributed by atoms with Crippen LogP contribution in [-0.4, -0.2) is 65.6 Å². The number of anilines is 1. The van der Waals surface area contributed by atoms with Gasteiger partial charge in [0.05, 0.1) is 32.3 Å². The van der Waals surface area contributed by atoms with Crippen molar-refractivity contribution in [2.24, 2.45) is 0 Å². The van der Waals surface area contributed by atoms with Crippen LogP contribution in [0.25, 0.3) is 11.0 Å². The van der Waals surface area contributed by atoms with Crippen LogP contribution in [0.5, 0.6) is 11.5 Å². The van der Waals surface area contributed by atoms with Gasteiger partial charge in [-0.1, -0.05) is 12.8 Å². The van der Waals surface area contributed by atoms with E-state index in [1.54, 1.807) is 20.5 Å². The van der Waals surface area contributed by atoms with Gasteiger partial charge in [0.2, 0.25) is 0 Å². The second-order valence-corrected chi connectivity index (χ2v) is 11.6. The minimum absolute atomic E-state index is 0.232. The highest BCUT2D eigenvalue weighted by molar-refractivity contribution is 9.10. The van der Waals surface area contributed by atoms with Gasteiger partial charge in [-0.3, -0.25) is 0 Å². The molecular formula is C28H35BrN4O6. The predicted molar refractivity (Wildman–Crippen MR) is 148 cm³/mol. The molecule has 39 heavy (non-hydrogen) atoms. The summed E-state index contributed by atoms with van der Waals surface area (Å²) in [7, 11) is 3.28. The highest BCUT2D eigenvalue weighted by Gasteiger charge is 2.56. The topological polar surface area (TPSA) is 98.1 Å². The van der Waals surface area contributed by atoms with Crippen LogP contribution in [0.4, 0.5) is 5.82 Å². The molecule has 2 aromatic heterocycles. The van der Waals surface area contributed by atoms with Gasteiger partial charge in [-0.15, -0.1) is 0 Å². The van der Waals surface area contributed by atoms with Crippen LogP contribution in [0.1, 0.15) is 51.3 Å². The molecule has 10 nitrogen and oxygen atoms in total. The Bertz CT molecular complexity index is 1330. The number of ether oxygens (including phenoxy) is 6. The number of rotatable bonds is 9. The summed E-state index contributed by atoms with van der Waals surface area (Å²) in [6.45, 7) is 4.87. The van der Waals surface area contributed by atoms with E-state index < -0.39 is 12.0 Å². The first-order valence-corrected chi connectivity index (χ1v) is 14.2. The van der Waals surface area contributed by atoms with Gasteiger partial charge in [0, 0.05) is 28.8 Å². The molecule has 2 aliphatic heterocycles. The number of hydrogen-bond donors (Lipinski definition) is 1. The second-order valence-electron chi connectivity index (χ2n) is 10.7. The van der Waals surface area contributed by atoms with E-state index in [0.717, 1.165) is 45.4 Å². The zero-order valence-electron chi connectivity index (χ0n) is 22.7. The Hall–Kier alpha value is -2.44. The molecule has 1 aliphatic carbocycles. The van der Waals surface area contributed by atoms with Gasteiger partial charge >= 0.3 is 0 Å². The predicted octanol–water partition coefficient (Wildman–Crippen LogP) is 5.20. The Balaban J connectivity index is 1.26. The number of aromatic nitrogens is 3. The van der Waals surface area contributed by atoms with Crippen LogP contribution in [-0.2, 0) is 25.5 Å². The molecule has 1 N–H and O–H groups in total. The van der Waals surface area contributed by atoms with Crippen molar-refractivity contribution in [3.63, 3.8) is 0 Å². The molecule has 210 valence electrons. The van der Waals surface area contributed by atoms with E-state index in [0.29, 0.717) is 25.1 Å². The molecule has 0 spiro atoms. The van der Waals surface area contributed by atoms with Crippen molar-refractivity contribution in [3.05, 3.63) is 40.8 Å². The summed E-state index contributed by atoms with van der Waals surface area (Å²) < 4.78 is 39.2. The number of nitrogens with zero attached hydrogens (tertiary/aromatic N) is 3. The zero-order valence-corrected chi connectivity index (χ0v) is 24.3. The van der Waals surface area contributed by atoms with Crippen molar-refractivity contribution in [1.82, 2.24) is 14.5 Å². The van der Waals surface area contributed by atoms with Crippen molar-refractivity contribution >= 4 is 32.8 Å². The minimum Gasteiger partial charge on any atom is -0.497 e. The molecule has 6 rings (SSSR count). The third-order valence-electron chi connectivity index (χ3n) is 7.70. The Morgan fingerprint density at radius 1 is 1.10 bits per heavy atom. The van der Waals surface area contributed by atoms with E-state index in [1.807, 2.05) is 42.8 Å². The number of nitrogens with one attached hydrogen (secondary N) is 1. The van der Waals surface area contributed by atoms with Crippen LogP contribution >= 0.6 is 15.9 Å². The molecule has 0 bridgehead atoms. The molecule has 1 saturated carbocycles. The Kier molecular flexibility index (Phi) is 7.45. The Labute approximate surface area is 236 Å². The van der Waals surface area contributed by atoms with Crippen LogP contribution in [0.3, 0.4) is 0 Å². The summed E-state index contributed by atoms with van der Waals surface area (Å²) in [5.41, 5.74) is 1.71. The second kappa shape index (κ2) is 10.9. The fourth-order valence-corrected chi connectivity index (χ4v) is 6.43. The number of hydrogen-bond acceptors (Lipinski definition) is 9. The molecule has 4 atom stereocenters. The first kappa shape index (κ1) is 26.8. The molecule has 1 unspecified atom stereocenters. The lowest BCUT2D eigenvalue weighted by Crippen LogP contribution is -2.34. The minimum atomic E-state index is -0.706. The monoisotopic (exact) mass is 602 g/mol. The van der Waals surface area contributed by atoms with E-state index in [-0.39, 0.29) is 18.3 Å². The average Bonchev–Trinajstić information content (AvgIpc) is 3.70. The van der Waals surface area contributed by atoms with E-state index in [2.05, 4.69) is 31.2 Å². The highest BCUT2D eigenvalue weighted by Crippen LogP contribution is 2.45. The van der Waals surface area contributed by atoms with E-state index >= 15 is 0 Å². The van der Waals surface area contributed by atoms with E-state index in [9.17, 15) is 0 Å². The molecule has 4 heterocycles. The molecule has 3 aromatic rings. The fourth-order valence-electron chi connectivity index (χ4n) is 5.85.